The van der Waals surface area contributed by atoms with Gasteiger partial charge in [0.05, 0.1) is 37.0 Å². The van der Waals surface area contributed by atoms with E-state index in [0.29, 0.717) is 17.9 Å². The van der Waals surface area contributed by atoms with Gasteiger partial charge in [0.25, 0.3) is 0 Å². The maximum atomic E-state index is 14.8. The van der Waals surface area contributed by atoms with Gasteiger partial charge in [0, 0.05) is 25.9 Å². The molecule has 2 heterocycles. The van der Waals surface area contributed by atoms with Gasteiger partial charge in [-0.2, -0.15) is 0 Å². The third-order valence-electron chi connectivity index (χ3n) is 5.08. The molecule has 0 saturated carbocycles. The Hall–Kier alpha value is -2.68. The topological polar surface area (TPSA) is 99.2 Å². The summed E-state index contributed by atoms with van der Waals surface area (Å²) in [4.78, 5) is 38.2. The van der Waals surface area contributed by atoms with Crippen LogP contribution in [0.5, 0.6) is 0 Å². The second-order valence-electron chi connectivity index (χ2n) is 7.28. The lowest BCUT2D eigenvalue weighted by atomic mass is 9.89. The van der Waals surface area contributed by atoms with Crippen molar-refractivity contribution in [2.24, 2.45) is 11.8 Å². The SMILES string of the molecule is CC(=O)NCC1CN(c2ccc(N3CC(C)C(=O)C(CO)C3)c(F)c2)C(=O)O1. The Kier molecular flexibility index (Phi) is 5.83. The number of piperidine rings is 1. The van der Waals surface area contributed by atoms with E-state index in [4.69, 9.17) is 4.74 Å². The predicted molar refractivity (Wildman–Crippen MR) is 99.7 cm³/mol. The molecule has 9 heteroatoms. The molecular formula is C19H24FN3O5. The Balaban J connectivity index is 1.73. The lowest BCUT2D eigenvalue weighted by Gasteiger charge is -2.36. The Morgan fingerprint density at radius 2 is 2.07 bits per heavy atom. The molecule has 2 amide bonds. The molecule has 0 bridgehead atoms. The first-order chi connectivity index (χ1) is 13.3. The molecule has 3 unspecified atom stereocenters. The smallest absolute Gasteiger partial charge is 0.414 e. The van der Waals surface area contributed by atoms with Crippen molar-refractivity contribution >= 4 is 29.2 Å². The molecule has 8 nitrogen and oxygen atoms in total. The highest BCUT2D eigenvalue weighted by atomic mass is 19.1. The Labute approximate surface area is 162 Å². The Bertz CT molecular complexity index is 787. The van der Waals surface area contributed by atoms with Crippen molar-refractivity contribution in [3.8, 4) is 0 Å². The number of nitrogens with one attached hydrogen (secondary N) is 1. The van der Waals surface area contributed by atoms with E-state index in [9.17, 15) is 23.9 Å². The number of aliphatic hydroxyl groups excluding tert-OH is 1. The first-order valence-corrected chi connectivity index (χ1v) is 9.21. The number of hydrogen-bond acceptors (Lipinski definition) is 6. The fraction of sp³-hybridized carbons (Fsp3) is 0.526. The Morgan fingerprint density at radius 1 is 1.32 bits per heavy atom. The molecule has 3 rings (SSSR count). The van der Waals surface area contributed by atoms with Gasteiger partial charge in [-0.1, -0.05) is 6.92 Å². The average Bonchev–Trinajstić information content (AvgIpc) is 3.03. The lowest BCUT2D eigenvalue weighted by Crippen LogP contribution is -2.47. The molecule has 1 aromatic rings. The van der Waals surface area contributed by atoms with Gasteiger partial charge in [0.15, 0.2) is 0 Å². The number of ketones is 1. The monoisotopic (exact) mass is 393 g/mol. The summed E-state index contributed by atoms with van der Waals surface area (Å²) in [6.45, 7) is 3.89. The number of rotatable bonds is 5. The van der Waals surface area contributed by atoms with Crippen LogP contribution in [0, 0.1) is 17.7 Å². The second kappa shape index (κ2) is 8.14. The first kappa shape index (κ1) is 20.1. The van der Waals surface area contributed by atoms with Crippen LogP contribution in [-0.4, -0.2) is 61.8 Å². The van der Waals surface area contributed by atoms with Gasteiger partial charge in [-0.05, 0) is 18.2 Å². The number of amides is 2. The molecule has 152 valence electrons. The zero-order chi connectivity index (χ0) is 20.4. The molecule has 0 aromatic heterocycles. The fourth-order valence-corrected chi connectivity index (χ4v) is 3.61. The van der Waals surface area contributed by atoms with Crippen LogP contribution in [0.4, 0.5) is 20.6 Å². The zero-order valence-corrected chi connectivity index (χ0v) is 15.9. The first-order valence-electron chi connectivity index (χ1n) is 9.21. The summed E-state index contributed by atoms with van der Waals surface area (Å²) in [7, 11) is 0. The van der Waals surface area contributed by atoms with Gasteiger partial charge in [-0.15, -0.1) is 0 Å². The van der Waals surface area contributed by atoms with Crippen LogP contribution < -0.4 is 15.1 Å². The fourth-order valence-electron chi connectivity index (χ4n) is 3.61. The van der Waals surface area contributed by atoms with Gasteiger partial charge in [0.1, 0.15) is 17.7 Å². The normalized spacial score (nSPS) is 25.1. The zero-order valence-electron chi connectivity index (χ0n) is 15.9. The third kappa shape index (κ3) is 4.09. The van der Waals surface area contributed by atoms with Crippen LogP contribution in [0.1, 0.15) is 13.8 Å². The maximum Gasteiger partial charge on any atom is 0.414 e. The van der Waals surface area contributed by atoms with Crippen LogP contribution in [0.2, 0.25) is 0 Å². The summed E-state index contributed by atoms with van der Waals surface area (Å²) < 4.78 is 20.0. The number of benzene rings is 1. The van der Waals surface area contributed by atoms with Crippen LogP contribution in [0.3, 0.4) is 0 Å². The molecule has 2 aliphatic heterocycles. The van der Waals surface area contributed by atoms with Crippen molar-refractivity contribution in [2.75, 3.05) is 42.6 Å². The van der Waals surface area contributed by atoms with Gasteiger partial charge in [-0.25, -0.2) is 9.18 Å². The maximum absolute atomic E-state index is 14.8. The van der Waals surface area contributed by atoms with E-state index in [1.807, 2.05) is 0 Å². The minimum absolute atomic E-state index is 0.0131. The molecule has 0 radical (unpaired) electrons. The van der Waals surface area contributed by atoms with E-state index < -0.39 is 23.9 Å². The van der Waals surface area contributed by atoms with Gasteiger partial charge in [0.2, 0.25) is 5.91 Å². The van der Waals surface area contributed by atoms with E-state index in [2.05, 4.69) is 5.32 Å². The van der Waals surface area contributed by atoms with E-state index in [-0.39, 0.29) is 43.8 Å². The standard InChI is InChI=1S/C19H24FN3O5/c1-11-7-22(8-13(10-24)18(11)26)17-4-3-14(5-16(17)20)23-9-15(28-19(23)27)6-21-12(2)25/h3-5,11,13,15,24H,6-10H2,1-2H3,(H,21,25). The molecule has 28 heavy (non-hydrogen) atoms. The largest absolute Gasteiger partial charge is 0.442 e. The third-order valence-corrected chi connectivity index (χ3v) is 5.08. The molecule has 1 aromatic carbocycles. The number of anilines is 2. The van der Waals surface area contributed by atoms with E-state index >= 15 is 0 Å². The number of aliphatic hydroxyl groups is 1. The number of cyclic esters (lactones) is 1. The number of carbonyl (C=O) groups excluding carboxylic acids is 3. The molecule has 2 aliphatic rings. The molecule has 0 spiro atoms. The van der Waals surface area contributed by atoms with Crippen LogP contribution in [-0.2, 0) is 14.3 Å². The lowest BCUT2D eigenvalue weighted by molar-refractivity contribution is -0.128. The van der Waals surface area contributed by atoms with Crippen molar-refractivity contribution in [1.82, 2.24) is 5.32 Å². The summed E-state index contributed by atoms with van der Waals surface area (Å²) in [5.74, 6) is -1.59. The number of Topliss-reactive ketones (excluding diaryl/α,β-unsaturated/α-hetero) is 1. The number of nitrogens with zero attached hydrogens (tertiary/aromatic N) is 2. The molecular weight excluding hydrogens is 369 g/mol. The highest BCUT2D eigenvalue weighted by Gasteiger charge is 2.35. The number of ether oxygens (including phenoxy) is 1. The number of carbonyl (C=O) groups is 3. The van der Waals surface area contributed by atoms with Gasteiger partial charge < -0.3 is 20.1 Å². The molecule has 3 atom stereocenters. The van der Waals surface area contributed by atoms with E-state index in [1.165, 1.54) is 17.9 Å². The van der Waals surface area contributed by atoms with Crippen LogP contribution >= 0.6 is 0 Å². The van der Waals surface area contributed by atoms with E-state index in [1.54, 1.807) is 24.0 Å². The van der Waals surface area contributed by atoms with Crippen molar-refractivity contribution in [3.05, 3.63) is 24.0 Å². The number of hydrogen-bond donors (Lipinski definition) is 2. The van der Waals surface area contributed by atoms with Crippen molar-refractivity contribution in [2.45, 2.75) is 20.0 Å². The molecule has 0 aliphatic carbocycles. The molecule has 2 saturated heterocycles. The van der Waals surface area contributed by atoms with E-state index in [0.717, 1.165) is 0 Å². The minimum atomic E-state index is -0.597. The second-order valence-corrected chi connectivity index (χ2v) is 7.28. The predicted octanol–water partition coefficient (Wildman–Crippen LogP) is 0.921. The van der Waals surface area contributed by atoms with Crippen LogP contribution in [0.15, 0.2) is 18.2 Å². The summed E-state index contributed by atoms with van der Waals surface area (Å²) in [6, 6.07) is 4.44. The average molecular weight is 393 g/mol. The van der Waals surface area contributed by atoms with Gasteiger partial charge in [-0.3, -0.25) is 14.5 Å². The summed E-state index contributed by atoms with van der Waals surface area (Å²) in [5.41, 5.74) is 0.681. The van der Waals surface area contributed by atoms with Crippen molar-refractivity contribution < 1.29 is 28.6 Å². The van der Waals surface area contributed by atoms with Crippen molar-refractivity contribution in [1.29, 1.82) is 0 Å². The van der Waals surface area contributed by atoms with Crippen molar-refractivity contribution in [3.63, 3.8) is 0 Å². The minimum Gasteiger partial charge on any atom is -0.442 e. The Morgan fingerprint density at radius 3 is 2.71 bits per heavy atom. The highest BCUT2D eigenvalue weighted by molar-refractivity contribution is 5.90. The quantitative estimate of drug-likeness (QED) is 0.772. The summed E-state index contributed by atoms with van der Waals surface area (Å²) in [5, 5.41) is 12.0. The molecule has 2 fully saturated rings. The summed E-state index contributed by atoms with van der Waals surface area (Å²) >= 11 is 0. The highest BCUT2D eigenvalue weighted by Crippen LogP contribution is 2.30. The van der Waals surface area contributed by atoms with Crippen LogP contribution in [0.25, 0.3) is 0 Å². The van der Waals surface area contributed by atoms with Gasteiger partial charge >= 0.3 is 6.09 Å². The molecule has 2 N–H and O–H groups in total. The summed E-state index contributed by atoms with van der Waals surface area (Å²) in [6.07, 6.45) is -1.10. The number of halogens is 1.